The van der Waals surface area contributed by atoms with Crippen LogP contribution in [0.3, 0.4) is 0 Å². The highest BCUT2D eigenvalue weighted by molar-refractivity contribution is 7.99. The monoisotopic (exact) mass is 284 g/mol. The Bertz CT molecular complexity index is 387. The minimum Gasteiger partial charge on any atom is -0.463 e. The molecule has 0 amide bonds. The quantitative estimate of drug-likeness (QED) is 0.740. The van der Waals surface area contributed by atoms with Crippen LogP contribution in [0.25, 0.3) is 0 Å². The molecule has 0 aliphatic rings. The first kappa shape index (κ1) is 16.0. The first-order valence-electron chi connectivity index (χ1n) is 6.86. The molecule has 6 heteroatoms. The largest absolute Gasteiger partial charge is 0.463 e. The molecule has 1 heterocycles. The minimum absolute atomic E-state index is 0.409. The highest BCUT2D eigenvalue weighted by Gasteiger charge is 2.14. The van der Waals surface area contributed by atoms with Gasteiger partial charge in [-0.15, -0.1) is 0 Å². The molecular weight excluding hydrogens is 260 g/mol. The van der Waals surface area contributed by atoms with Gasteiger partial charge in [-0.1, -0.05) is 39.5 Å². The third-order valence-corrected chi connectivity index (χ3v) is 3.90. The first-order valence-corrected chi connectivity index (χ1v) is 7.74. The van der Waals surface area contributed by atoms with E-state index in [9.17, 15) is 0 Å². The van der Waals surface area contributed by atoms with Crippen LogP contribution in [0, 0.1) is 5.92 Å². The molecule has 0 bridgehead atoms. The van der Waals surface area contributed by atoms with E-state index < -0.39 is 0 Å². The Morgan fingerprint density at radius 3 is 2.47 bits per heavy atom. The zero-order valence-corrected chi connectivity index (χ0v) is 13.3. The van der Waals surface area contributed by atoms with Gasteiger partial charge >= 0.3 is 6.01 Å². The van der Waals surface area contributed by atoms with Gasteiger partial charge in [0.15, 0.2) is 5.16 Å². The lowest BCUT2D eigenvalue weighted by atomic mass is 10.2. The third kappa shape index (κ3) is 5.63. The molecule has 0 spiro atoms. The highest BCUT2D eigenvalue weighted by Crippen LogP contribution is 2.26. The number of thioether (sulfide) groups is 1. The summed E-state index contributed by atoms with van der Waals surface area (Å²) in [4.78, 5) is 13.0. The van der Waals surface area contributed by atoms with Crippen molar-refractivity contribution in [2.45, 2.75) is 51.4 Å². The molecule has 0 radical (unpaired) electrons. The fraction of sp³-hybridized carbons (Fsp3) is 0.769. The van der Waals surface area contributed by atoms with Gasteiger partial charge in [-0.25, -0.2) is 0 Å². The normalized spacial score (nSPS) is 12.5. The number of ether oxygens (including phenoxy) is 1. The van der Waals surface area contributed by atoms with E-state index in [0.29, 0.717) is 29.7 Å². The lowest BCUT2D eigenvalue weighted by Crippen LogP contribution is -2.10. The van der Waals surface area contributed by atoms with Crippen LogP contribution < -0.4 is 10.1 Å². The van der Waals surface area contributed by atoms with Crippen molar-refractivity contribution >= 4 is 17.7 Å². The van der Waals surface area contributed by atoms with Gasteiger partial charge < -0.3 is 10.1 Å². The van der Waals surface area contributed by atoms with Crippen LogP contribution in [0.15, 0.2) is 5.16 Å². The Morgan fingerprint density at radius 2 is 1.89 bits per heavy atom. The predicted molar refractivity (Wildman–Crippen MR) is 79.9 cm³/mol. The molecule has 1 aromatic heterocycles. The lowest BCUT2D eigenvalue weighted by molar-refractivity contribution is 0.288. The van der Waals surface area contributed by atoms with Crippen LogP contribution in [-0.2, 0) is 0 Å². The van der Waals surface area contributed by atoms with Crippen molar-refractivity contribution in [3.8, 4) is 6.01 Å². The second kappa shape index (κ2) is 8.19. The standard InChI is InChI=1S/C13H24N4OS/c1-6-8-18-12-15-11(14-7-2)16-13(17-12)19-10(5)9(3)4/h9-10H,6-8H2,1-5H3,(H,14,15,16,17). The number of rotatable bonds is 8. The summed E-state index contributed by atoms with van der Waals surface area (Å²) in [5.74, 6) is 1.16. The molecule has 19 heavy (non-hydrogen) atoms. The summed E-state index contributed by atoms with van der Waals surface area (Å²) in [6, 6.07) is 0.409. The van der Waals surface area contributed by atoms with E-state index in [0.717, 1.165) is 18.1 Å². The summed E-state index contributed by atoms with van der Waals surface area (Å²) in [6.45, 7) is 12.0. The van der Waals surface area contributed by atoms with Crippen LogP contribution in [0.5, 0.6) is 6.01 Å². The zero-order chi connectivity index (χ0) is 14.3. The molecule has 1 rings (SSSR count). The van der Waals surface area contributed by atoms with Crippen molar-refractivity contribution in [3.63, 3.8) is 0 Å². The minimum atomic E-state index is 0.409. The van der Waals surface area contributed by atoms with Crippen molar-refractivity contribution < 1.29 is 4.74 Å². The number of hydrogen-bond acceptors (Lipinski definition) is 6. The fourth-order valence-electron chi connectivity index (χ4n) is 1.19. The number of anilines is 1. The molecule has 1 aromatic rings. The Hall–Kier alpha value is -1.04. The average Bonchev–Trinajstić information content (AvgIpc) is 2.36. The molecule has 0 aliphatic heterocycles. The lowest BCUT2D eigenvalue weighted by Gasteiger charge is -2.14. The number of nitrogens with one attached hydrogen (secondary N) is 1. The van der Waals surface area contributed by atoms with Gasteiger partial charge in [-0.3, -0.25) is 0 Å². The molecule has 1 unspecified atom stereocenters. The van der Waals surface area contributed by atoms with Gasteiger partial charge in [0.1, 0.15) is 0 Å². The average molecular weight is 284 g/mol. The number of nitrogens with zero attached hydrogens (tertiary/aromatic N) is 3. The second-order valence-corrected chi connectivity index (χ2v) is 6.01. The number of hydrogen-bond donors (Lipinski definition) is 1. The van der Waals surface area contributed by atoms with Crippen molar-refractivity contribution in [1.29, 1.82) is 0 Å². The van der Waals surface area contributed by atoms with E-state index >= 15 is 0 Å². The van der Waals surface area contributed by atoms with Gasteiger partial charge in [-0.2, -0.15) is 15.0 Å². The van der Waals surface area contributed by atoms with Crippen molar-refractivity contribution in [2.75, 3.05) is 18.5 Å². The van der Waals surface area contributed by atoms with Crippen molar-refractivity contribution in [1.82, 2.24) is 15.0 Å². The molecular formula is C13H24N4OS. The second-order valence-electron chi connectivity index (χ2n) is 4.67. The van der Waals surface area contributed by atoms with Gasteiger partial charge in [0, 0.05) is 11.8 Å². The summed E-state index contributed by atoms with van der Waals surface area (Å²) in [7, 11) is 0. The van der Waals surface area contributed by atoms with Gasteiger partial charge in [0.05, 0.1) is 6.61 Å². The van der Waals surface area contributed by atoms with Crippen LogP contribution in [-0.4, -0.2) is 33.4 Å². The van der Waals surface area contributed by atoms with E-state index in [1.807, 2.05) is 6.92 Å². The van der Waals surface area contributed by atoms with Crippen molar-refractivity contribution in [2.24, 2.45) is 5.92 Å². The van der Waals surface area contributed by atoms with Crippen LogP contribution in [0.2, 0.25) is 0 Å². The van der Waals surface area contributed by atoms with Gasteiger partial charge in [-0.05, 0) is 19.3 Å². The molecule has 5 nitrogen and oxygen atoms in total. The van der Waals surface area contributed by atoms with E-state index in [1.54, 1.807) is 11.8 Å². The number of aromatic nitrogens is 3. The first-order chi connectivity index (χ1) is 9.06. The third-order valence-electron chi connectivity index (χ3n) is 2.59. The summed E-state index contributed by atoms with van der Waals surface area (Å²) in [5.41, 5.74) is 0. The maximum absolute atomic E-state index is 5.51. The Labute approximate surface area is 120 Å². The summed E-state index contributed by atoms with van der Waals surface area (Å²) in [5, 5.41) is 4.29. The Kier molecular flexibility index (Phi) is 6.91. The van der Waals surface area contributed by atoms with Crippen molar-refractivity contribution in [3.05, 3.63) is 0 Å². The fourth-order valence-corrected chi connectivity index (χ4v) is 2.06. The van der Waals surface area contributed by atoms with E-state index in [2.05, 4.69) is 48.0 Å². The Balaban J connectivity index is 2.85. The SMILES string of the molecule is CCCOc1nc(NCC)nc(SC(C)C(C)C)n1. The molecule has 1 N–H and O–H groups in total. The topological polar surface area (TPSA) is 59.9 Å². The molecule has 1 atom stereocenters. The van der Waals surface area contributed by atoms with E-state index in [-0.39, 0.29) is 0 Å². The smallest absolute Gasteiger partial charge is 0.322 e. The molecule has 0 saturated heterocycles. The van der Waals surface area contributed by atoms with Crippen LogP contribution in [0.1, 0.15) is 41.0 Å². The van der Waals surface area contributed by atoms with E-state index in [1.165, 1.54) is 0 Å². The van der Waals surface area contributed by atoms with E-state index in [4.69, 9.17) is 4.74 Å². The summed E-state index contributed by atoms with van der Waals surface area (Å²) < 4.78 is 5.51. The maximum atomic E-state index is 5.51. The van der Waals surface area contributed by atoms with Crippen LogP contribution >= 0.6 is 11.8 Å². The molecule has 0 aromatic carbocycles. The molecule has 0 saturated carbocycles. The van der Waals surface area contributed by atoms with Gasteiger partial charge in [0.2, 0.25) is 5.95 Å². The molecule has 0 aliphatic carbocycles. The van der Waals surface area contributed by atoms with Gasteiger partial charge in [0.25, 0.3) is 0 Å². The molecule has 0 fully saturated rings. The van der Waals surface area contributed by atoms with Crippen LogP contribution in [0.4, 0.5) is 5.95 Å². The highest BCUT2D eigenvalue weighted by atomic mass is 32.2. The Morgan fingerprint density at radius 1 is 1.16 bits per heavy atom. The summed E-state index contributed by atoms with van der Waals surface area (Å²) >= 11 is 1.66. The maximum Gasteiger partial charge on any atom is 0.322 e. The predicted octanol–water partition coefficient (Wildman–Crippen LogP) is 3.23. The summed E-state index contributed by atoms with van der Waals surface area (Å²) in [6.07, 6.45) is 0.938. The molecule has 108 valence electrons. The zero-order valence-electron chi connectivity index (χ0n) is 12.4.